The average molecular weight is 1860 g/mol. The predicted octanol–water partition coefficient (Wildman–Crippen LogP) is 9.40. The Morgan fingerprint density at radius 1 is 0.370 bits per heavy atom. The average Bonchev–Trinajstić information content (AvgIpc) is 1.70. The quantitative estimate of drug-likeness (QED) is 0.0372. The van der Waals surface area contributed by atoms with Gasteiger partial charge in [-0.25, -0.2) is 0 Å². The van der Waals surface area contributed by atoms with Gasteiger partial charge in [0.05, 0.1) is 27.9 Å². The molecule has 8 aromatic heterocycles. The lowest BCUT2D eigenvalue weighted by Gasteiger charge is -1.96. The molecule has 8 rings (SSSR count). The number of alkyl halides is 4. The van der Waals surface area contributed by atoms with Gasteiger partial charge in [0.2, 0.25) is 0 Å². The number of halogens is 7. The van der Waals surface area contributed by atoms with Gasteiger partial charge in [0.15, 0.2) is 22.8 Å². The van der Waals surface area contributed by atoms with Crippen molar-refractivity contribution in [3.05, 3.63) is 192 Å². The van der Waals surface area contributed by atoms with Crippen LogP contribution in [0.1, 0.15) is 56.2 Å². The lowest BCUT2D eigenvalue weighted by molar-refractivity contribution is -0.390. The molecule has 0 aliphatic heterocycles. The lowest BCUT2D eigenvalue weighted by atomic mass is 10.4. The van der Waals surface area contributed by atoms with E-state index in [1.54, 1.807) is 65.3 Å². The van der Waals surface area contributed by atoms with Crippen molar-refractivity contribution in [2.75, 3.05) is 0 Å². The maximum atomic E-state index is 10.8. The number of primary amides is 1. The zero-order valence-corrected chi connectivity index (χ0v) is 63.4. The number of rotatable bonds is 15. The van der Waals surface area contributed by atoms with Crippen molar-refractivity contribution < 1.29 is 54.4 Å². The lowest BCUT2D eigenvalue weighted by Crippen LogP contribution is -2.17. The first-order chi connectivity index (χ1) is 46.6. The summed E-state index contributed by atoms with van der Waals surface area (Å²) >= 11 is 21.6. The van der Waals surface area contributed by atoms with E-state index in [1.165, 1.54) is 41.5 Å². The van der Waals surface area contributed by atoms with E-state index in [4.69, 9.17) is 42.2 Å². The van der Waals surface area contributed by atoms with E-state index in [-0.39, 0.29) is 87.1 Å². The summed E-state index contributed by atoms with van der Waals surface area (Å²) in [6, 6.07) is 0. The van der Waals surface area contributed by atoms with E-state index in [0.717, 1.165) is 0 Å². The number of amides is 1. The summed E-state index contributed by atoms with van der Waals surface area (Å²) in [5.41, 5.74) is 7.81. The maximum Gasteiger partial charge on any atom is 0.388 e. The molecule has 4 N–H and O–H groups in total. The van der Waals surface area contributed by atoms with Gasteiger partial charge >= 0.3 is 82.1 Å². The molecule has 0 aliphatic rings. The minimum atomic E-state index is -0.789. The molecule has 534 valence electrons. The highest BCUT2D eigenvalue weighted by Gasteiger charge is 2.30. The second-order valence-electron chi connectivity index (χ2n) is 17.9. The van der Waals surface area contributed by atoms with Crippen molar-refractivity contribution in [3.63, 3.8) is 0 Å². The Morgan fingerprint density at radius 2 is 0.580 bits per heavy atom. The zero-order chi connectivity index (χ0) is 77.4. The number of hydrogen-bond acceptors (Lipinski definition) is 27. The molecule has 0 radical (unpaired) electrons. The predicted molar refractivity (Wildman–Crippen MR) is 367 cm³/mol. The Bertz CT molecular complexity index is 4350. The number of nitrogens with two attached hydrogens (primary N) is 1. The highest BCUT2D eigenvalue weighted by atomic mass is 79.9. The molecule has 1 amide bonds. The van der Waals surface area contributed by atoms with Crippen LogP contribution in [-0.4, -0.2) is 132 Å². The summed E-state index contributed by atoms with van der Waals surface area (Å²) in [5, 5.41) is 102. The SMILES string of the molecule is Cc1c([N+](=O)[O-])nc(Br)n1C.Cn1c(Br)nc([N+](=O)[O-])c1CBr.Cn1c(Br)nc([N+](=O)[O-])c1CO.Cn1c(C(N)=O)nc([N+](=O)[O-])c1CBr.[C-]#[N+]c1nc([N+](=O)[O-])c(C)n1C.[C-]#[N+]c1nc([N+](=O)[O-])c(CBr)n1C.[C-]#[N+]c1nc([N+](=O)[O-])c(CBr)n1C.[C-]#[N+]c1nc([N+](=O)[O-])c(CO)n1C. The second kappa shape index (κ2) is 39.9. The highest BCUT2D eigenvalue weighted by molar-refractivity contribution is 9.11. The van der Waals surface area contributed by atoms with Crippen LogP contribution in [0.15, 0.2) is 14.2 Å². The summed E-state index contributed by atoms with van der Waals surface area (Å²) in [6.07, 6.45) is 0. The van der Waals surface area contributed by atoms with Crippen LogP contribution in [0, 0.1) is 121 Å². The van der Waals surface area contributed by atoms with Gasteiger partial charge in [-0.1, -0.05) is 63.7 Å². The largest absolute Gasteiger partial charge is 0.390 e. The van der Waals surface area contributed by atoms with Crippen molar-refractivity contribution in [1.29, 1.82) is 0 Å². The van der Waals surface area contributed by atoms with Gasteiger partial charge in [0.1, 0.15) is 29.4 Å². The Morgan fingerprint density at radius 3 is 0.790 bits per heavy atom. The number of nitro groups is 8. The highest BCUT2D eigenvalue weighted by Crippen LogP contribution is 2.29. The molecule has 0 atom stereocenters. The Hall–Kier alpha value is -10.4. The number of carbonyl (C=O) groups excluding carboxylic acids is 1. The molecule has 0 bridgehead atoms. The summed E-state index contributed by atoms with van der Waals surface area (Å²) in [5.74, 6) is -3.01. The first kappa shape index (κ1) is 87.6. The third kappa shape index (κ3) is 21.8. The van der Waals surface area contributed by atoms with Crippen molar-refractivity contribution in [3.8, 4) is 0 Å². The smallest absolute Gasteiger partial charge is 0.388 e. The number of hydrogen-bond donors (Lipinski definition) is 3. The van der Waals surface area contributed by atoms with E-state index < -0.39 is 64.3 Å². The van der Waals surface area contributed by atoms with Crippen LogP contribution in [0.25, 0.3) is 19.4 Å². The van der Waals surface area contributed by atoms with Crippen molar-refractivity contribution in [2.45, 2.75) is 48.4 Å². The first-order valence-corrected chi connectivity index (χ1v) is 32.2. The van der Waals surface area contributed by atoms with E-state index in [0.29, 0.717) is 64.4 Å². The molecule has 0 unspecified atom stereocenters. The van der Waals surface area contributed by atoms with Crippen LogP contribution in [0.4, 0.5) is 70.3 Å². The first-order valence-electron chi connectivity index (χ1n) is 25.4. The van der Waals surface area contributed by atoms with Crippen LogP contribution in [-0.2, 0) is 90.9 Å². The number of aliphatic hydroxyl groups excluding tert-OH is 2. The van der Waals surface area contributed by atoms with Gasteiger partial charge in [-0.15, -0.1) is 26.3 Å². The number of carbonyl (C=O) groups is 1. The Kier molecular flexibility index (Phi) is 34.9. The monoisotopic (exact) mass is 1850 g/mol. The standard InChI is InChI=1S/C6H7BrN4O3.2C6H5BrN4O2.C6H6N4O3.C6H6N4O2.C5H5Br2N3O2.C5H6BrN3O3.C5H6BrN3O2/c1-10-3(2-7)5(11(13)14)9-6(10)4(8)12;2*1-8-6-9-5(11(12)13)4(3-7)10(6)2;1-7-6-8-5(10(12)13)4(3-11)9(6)2;1-4-5(10(11)12)8-6(7-2)9(4)3;1-9-3(2-6)4(10(11)12)8-5(9)7;1-8-3(2-10)4(9(11)12)7-5(8)6;1-3-4(9(10)11)7-5(6)8(3)2/h2H2,1H3,(H2,8,12);2*3H2,2H3;11H,3H2,2H3;1,3H3;2H2,1H3;10H,2H2,1H3;1-2H3. The van der Waals surface area contributed by atoms with Gasteiger partial charge in [0, 0.05) is 104 Å². The zero-order valence-electron chi connectivity index (χ0n) is 52.3. The van der Waals surface area contributed by atoms with E-state index >= 15 is 0 Å². The van der Waals surface area contributed by atoms with Gasteiger partial charge < -0.3 is 116 Å². The molecule has 8 aromatic rings. The molecule has 0 aromatic carbocycles. The van der Waals surface area contributed by atoms with Gasteiger partial charge in [0.25, 0.3) is 14.2 Å². The maximum absolute atomic E-state index is 10.8. The van der Waals surface area contributed by atoms with Gasteiger partial charge in [-0.2, -0.15) is 0 Å². The molecular weight excluding hydrogens is 1810 g/mol. The van der Waals surface area contributed by atoms with Crippen LogP contribution >= 0.6 is 112 Å². The topological polar surface area (TPSA) is 589 Å². The van der Waals surface area contributed by atoms with Crippen molar-refractivity contribution >= 4 is 188 Å². The van der Waals surface area contributed by atoms with E-state index in [9.17, 15) is 85.7 Å². The number of nitrogens with zero attached hydrogens (tertiary/aromatic N) is 28. The third-order valence-electron chi connectivity index (χ3n) is 12.4. The molecule has 48 nitrogen and oxygen atoms in total. The summed E-state index contributed by atoms with van der Waals surface area (Å²) in [7, 11) is 12.7. The van der Waals surface area contributed by atoms with Crippen molar-refractivity contribution in [2.24, 2.45) is 62.1 Å². The molecule has 0 saturated carbocycles. The van der Waals surface area contributed by atoms with Crippen LogP contribution < -0.4 is 5.73 Å². The van der Waals surface area contributed by atoms with Crippen molar-refractivity contribution in [1.82, 2.24) is 76.4 Å². The second-order valence-corrected chi connectivity index (χ2v) is 22.2. The minimum absolute atomic E-state index is 0.0288. The Balaban J connectivity index is 0.000000572. The fraction of sp³-hybridized carbons (Fsp3) is 0.356. The molecule has 0 saturated heterocycles. The third-order valence-corrected chi connectivity index (χ3v) is 16.7. The van der Waals surface area contributed by atoms with Gasteiger partial charge in [-0.05, 0) is 93.1 Å². The molecule has 100 heavy (non-hydrogen) atoms. The molecule has 0 fully saturated rings. The van der Waals surface area contributed by atoms with E-state index in [2.05, 4.69) is 171 Å². The summed E-state index contributed by atoms with van der Waals surface area (Å²) in [4.78, 5) is 130. The van der Waals surface area contributed by atoms with E-state index in [1.807, 2.05) is 0 Å². The van der Waals surface area contributed by atoms with Crippen LogP contribution in [0.5, 0.6) is 0 Å². The summed E-state index contributed by atoms with van der Waals surface area (Å²) < 4.78 is 12.6. The normalized spacial score (nSPS) is 9.87. The Labute approximate surface area is 616 Å². The number of imidazole rings is 8. The fourth-order valence-corrected chi connectivity index (χ4v) is 10.6. The van der Waals surface area contributed by atoms with Crippen LogP contribution in [0.2, 0.25) is 0 Å². The molecular formula is C45H46Br7N29O19. The molecule has 8 heterocycles. The fourth-order valence-electron chi connectivity index (χ4n) is 6.89. The summed E-state index contributed by atoms with van der Waals surface area (Å²) in [6.45, 7) is 29.0. The molecule has 0 aliphatic carbocycles. The van der Waals surface area contributed by atoms with Crippen LogP contribution in [0.3, 0.4) is 0 Å². The molecule has 55 heteroatoms. The number of aromatic nitrogens is 16. The number of aliphatic hydroxyl groups is 2. The van der Waals surface area contributed by atoms with Gasteiger partial charge in [-0.3, -0.25) is 41.3 Å². The molecule has 0 spiro atoms. The minimum Gasteiger partial charge on any atom is -0.390 e.